The van der Waals surface area contributed by atoms with Gasteiger partial charge in [0.05, 0.1) is 6.26 Å². The molecule has 0 saturated carbocycles. The molecule has 0 radical (unpaired) electrons. The third-order valence-electron chi connectivity index (χ3n) is 5.14. The zero-order chi connectivity index (χ0) is 24.2. The van der Waals surface area contributed by atoms with Crippen LogP contribution in [-0.2, 0) is 17.9 Å². The number of anilines is 2. The summed E-state index contributed by atoms with van der Waals surface area (Å²) in [6.45, 7) is 6.29. The van der Waals surface area contributed by atoms with Gasteiger partial charge in [-0.05, 0) is 53.6 Å². The summed E-state index contributed by atoms with van der Waals surface area (Å²) in [5.74, 6) is -0.476. The van der Waals surface area contributed by atoms with Gasteiger partial charge in [-0.15, -0.1) is 0 Å². The van der Waals surface area contributed by atoms with Gasteiger partial charge in [0.2, 0.25) is 5.91 Å². The first-order valence-corrected chi connectivity index (χ1v) is 10.7. The lowest BCUT2D eigenvalue weighted by molar-refractivity contribution is -0.140. The molecule has 0 unspecified atom stereocenters. The molecule has 0 aliphatic carbocycles. The second kappa shape index (κ2) is 9.90. The number of nitrogens with zero attached hydrogens (tertiary/aromatic N) is 2. The average molecular weight is 452 g/mol. The number of benzene rings is 2. The van der Waals surface area contributed by atoms with Crippen LogP contribution in [0.2, 0.25) is 0 Å². The van der Waals surface area contributed by atoms with Crippen LogP contribution in [0.25, 0.3) is 0 Å². The summed E-state index contributed by atoms with van der Waals surface area (Å²) >= 11 is 0. The van der Waals surface area contributed by atoms with E-state index in [9.17, 15) is 14.0 Å². The van der Waals surface area contributed by atoms with Gasteiger partial charge in [-0.2, -0.15) is 0 Å². The molecule has 7 heteroatoms. The SMILES string of the molecule is CN(C)c1ccc(NC(=O)c2ccco2)cc1CN(Cc1ccc(F)cc1)C(=O)C(C)(C)C. The van der Waals surface area contributed by atoms with Crippen LogP contribution in [0.4, 0.5) is 15.8 Å². The first-order chi connectivity index (χ1) is 15.5. The van der Waals surface area contributed by atoms with Crippen molar-refractivity contribution in [2.75, 3.05) is 24.3 Å². The third kappa shape index (κ3) is 6.22. The third-order valence-corrected chi connectivity index (χ3v) is 5.14. The Hall–Kier alpha value is -3.61. The van der Waals surface area contributed by atoms with E-state index in [0.717, 1.165) is 16.8 Å². The molecule has 174 valence electrons. The van der Waals surface area contributed by atoms with Crippen molar-refractivity contribution >= 4 is 23.2 Å². The number of carbonyl (C=O) groups excluding carboxylic acids is 2. The van der Waals surface area contributed by atoms with E-state index in [1.54, 1.807) is 29.2 Å². The maximum absolute atomic E-state index is 13.4. The molecule has 1 N–H and O–H groups in total. The molecule has 33 heavy (non-hydrogen) atoms. The van der Waals surface area contributed by atoms with Crippen LogP contribution in [0.5, 0.6) is 0 Å². The average Bonchev–Trinajstić information content (AvgIpc) is 3.29. The van der Waals surface area contributed by atoms with E-state index in [1.807, 2.05) is 58.0 Å². The van der Waals surface area contributed by atoms with Crippen molar-refractivity contribution in [2.24, 2.45) is 5.41 Å². The van der Waals surface area contributed by atoms with Crippen LogP contribution >= 0.6 is 0 Å². The summed E-state index contributed by atoms with van der Waals surface area (Å²) in [5.41, 5.74) is 2.64. The zero-order valence-electron chi connectivity index (χ0n) is 19.7. The molecule has 1 heterocycles. The van der Waals surface area contributed by atoms with Crippen molar-refractivity contribution in [2.45, 2.75) is 33.9 Å². The first-order valence-electron chi connectivity index (χ1n) is 10.7. The second-order valence-electron chi connectivity index (χ2n) is 9.21. The Morgan fingerprint density at radius 3 is 2.27 bits per heavy atom. The molecule has 0 saturated heterocycles. The molecule has 0 spiro atoms. The van der Waals surface area contributed by atoms with Gasteiger partial charge in [0.15, 0.2) is 5.76 Å². The predicted molar refractivity (Wildman–Crippen MR) is 128 cm³/mol. The number of furan rings is 1. The fourth-order valence-electron chi connectivity index (χ4n) is 3.52. The minimum Gasteiger partial charge on any atom is -0.459 e. The quantitative estimate of drug-likeness (QED) is 0.529. The van der Waals surface area contributed by atoms with E-state index in [1.165, 1.54) is 18.4 Å². The molecule has 3 aromatic rings. The Labute approximate surface area is 194 Å². The van der Waals surface area contributed by atoms with Crippen molar-refractivity contribution in [1.29, 1.82) is 0 Å². The molecule has 0 atom stereocenters. The van der Waals surface area contributed by atoms with Crippen LogP contribution in [0.15, 0.2) is 65.3 Å². The highest BCUT2D eigenvalue weighted by Gasteiger charge is 2.28. The molecule has 6 nitrogen and oxygen atoms in total. The highest BCUT2D eigenvalue weighted by Crippen LogP contribution is 2.28. The number of hydrogen-bond donors (Lipinski definition) is 1. The van der Waals surface area contributed by atoms with Gasteiger partial charge in [0.25, 0.3) is 5.91 Å². The molecule has 0 aliphatic rings. The summed E-state index contributed by atoms with van der Waals surface area (Å²) in [7, 11) is 3.85. The van der Waals surface area contributed by atoms with E-state index in [2.05, 4.69) is 5.32 Å². The van der Waals surface area contributed by atoms with Crippen molar-refractivity contribution in [1.82, 2.24) is 4.90 Å². The Balaban J connectivity index is 1.92. The van der Waals surface area contributed by atoms with Gasteiger partial charge in [0.1, 0.15) is 5.82 Å². The van der Waals surface area contributed by atoms with Gasteiger partial charge in [-0.1, -0.05) is 32.9 Å². The minimum atomic E-state index is -0.594. The molecule has 2 aromatic carbocycles. The standard InChI is InChI=1S/C26H30FN3O3/c1-26(2,3)25(32)30(16-18-8-10-20(27)11-9-18)17-19-15-21(12-13-22(19)29(4)5)28-24(31)23-7-6-14-33-23/h6-15H,16-17H2,1-5H3,(H,28,31). The number of hydrogen-bond acceptors (Lipinski definition) is 4. The normalized spacial score (nSPS) is 11.2. The summed E-state index contributed by atoms with van der Waals surface area (Å²) in [5, 5.41) is 2.84. The smallest absolute Gasteiger partial charge is 0.291 e. The van der Waals surface area contributed by atoms with E-state index in [-0.39, 0.29) is 23.4 Å². The van der Waals surface area contributed by atoms with Crippen LogP contribution in [-0.4, -0.2) is 30.8 Å². The second-order valence-corrected chi connectivity index (χ2v) is 9.21. The Kier molecular flexibility index (Phi) is 7.21. The molecular weight excluding hydrogens is 421 g/mol. The van der Waals surface area contributed by atoms with Crippen LogP contribution in [0, 0.1) is 11.2 Å². The largest absolute Gasteiger partial charge is 0.459 e. The van der Waals surface area contributed by atoms with Crippen molar-refractivity contribution in [3.05, 3.63) is 83.6 Å². The van der Waals surface area contributed by atoms with E-state index in [4.69, 9.17) is 4.42 Å². The van der Waals surface area contributed by atoms with E-state index in [0.29, 0.717) is 18.8 Å². The summed E-state index contributed by atoms with van der Waals surface area (Å²) in [6.07, 6.45) is 1.45. The summed E-state index contributed by atoms with van der Waals surface area (Å²) in [4.78, 5) is 29.4. The van der Waals surface area contributed by atoms with E-state index >= 15 is 0 Å². The summed E-state index contributed by atoms with van der Waals surface area (Å²) < 4.78 is 18.6. The van der Waals surface area contributed by atoms with Gasteiger partial charge in [0, 0.05) is 44.0 Å². The Morgan fingerprint density at radius 1 is 1.00 bits per heavy atom. The van der Waals surface area contributed by atoms with Crippen molar-refractivity contribution < 1.29 is 18.4 Å². The van der Waals surface area contributed by atoms with Crippen LogP contribution in [0.3, 0.4) is 0 Å². The maximum Gasteiger partial charge on any atom is 0.291 e. The zero-order valence-corrected chi connectivity index (χ0v) is 19.7. The molecule has 0 bridgehead atoms. The fraction of sp³-hybridized carbons (Fsp3) is 0.308. The van der Waals surface area contributed by atoms with Gasteiger partial charge in [-0.3, -0.25) is 9.59 Å². The number of carbonyl (C=O) groups is 2. The molecule has 1 aromatic heterocycles. The van der Waals surface area contributed by atoms with Gasteiger partial charge in [-0.25, -0.2) is 4.39 Å². The molecule has 2 amide bonds. The molecule has 0 aliphatic heterocycles. The lowest BCUT2D eigenvalue weighted by Gasteiger charge is -2.31. The number of halogens is 1. The molecule has 0 fully saturated rings. The first kappa shape index (κ1) is 24.0. The Bertz CT molecular complexity index is 1100. The maximum atomic E-state index is 13.4. The minimum absolute atomic E-state index is 0.0263. The van der Waals surface area contributed by atoms with Gasteiger partial charge < -0.3 is 19.5 Å². The number of amides is 2. The van der Waals surface area contributed by atoms with Crippen LogP contribution < -0.4 is 10.2 Å². The lowest BCUT2D eigenvalue weighted by atomic mass is 9.94. The number of rotatable bonds is 7. The van der Waals surface area contributed by atoms with E-state index < -0.39 is 5.41 Å². The lowest BCUT2D eigenvalue weighted by Crippen LogP contribution is -2.38. The fourth-order valence-corrected chi connectivity index (χ4v) is 3.52. The highest BCUT2D eigenvalue weighted by molar-refractivity contribution is 6.02. The predicted octanol–water partition coefficient (Wildman–Crippen LogP) is 5.31. The number of nitrogens with one attached hydrogen (secondary N) is 1. The van der Waals surface area contributed by atoms with Gasteiger partial charge >= 0.3 is 0 Å². The van der Waals surface area contributed by atoms with Crippen molar-refractivity contribution in [3.63, 3.8) is 0 Å². The van der Waals surface area contributed by atoms with Crippen molar-refractivity contribution in [3.8, 4) is 0 Å². The monoisotopic (exact) mass is 451 g/mol. The topological polar surface area (TPSA) is 65.8 Å². The molecule has 3 rings (SSSR count). The van der Waals surface area contributed by atoms with Crippen LogP contribution in [0.1, 0.15) is 42.5 Å². The highest BCUT2D eigenvalue weighted by atomic mass is 19.1. The molecular formula is C26H30FN3O3. The Morgan fingerprint density at radius 2 is 1.70 bits per heavy atom. The summed E-state index contributed by atoms with van der Waals surface area (Å²) in [6, 6.07) is 15.0.